The van der Waals surface area contributed by atoms with Crippen LogP contribution in [0.15, 0.2) is 30.7 Å². The number of aryl methyl sites for hydroxylation is 1. The lowest BCUT2D eigenvalue weighted by Crippen LogP contribution is -2.25. The summed E-state index contributed by atoms with van der Waals surface area (Å²) in [5, 5.41) is 0. The van der Waals surface area contributed by atoms with Crippen LogP contribution in [-0.2, 0) is 6.42 Å². The van der Waals surface area contributed by atoms with E-state index in [-0.39, 0.29) is 17.9 Å². The van der Waals surface area contributed by atoms with Crippen LogP contribution in [0.5, 0.6) is 0 Å². The first-order chi connectivity index (χ1) is 12.6. The zero-order chi connectivity index (χ0) is 18.1. The molecule has 0 spiro atoms. The summed E-state index contributed by atoms with van der Waals surface area (Å²) in [4.78, 5) is 18.6. The fourth-order valence-corrected chi connectivity index (χ4v) is 3.68. The van der Waals surface area contributed by atoms with E-state index in [1.54, 1.807) is 12.4 Å². The molecular weight excluding hydrogens is 331 g/mol. The SMILES string of the molecule is CC(N)CCc1ncc(F)cc1C1CCCN1c1ccc2nc[nH]c2n1. The Labute approximate surface area is 151 Å². The monoisotopic (exact) mass is 354 g/mol. The number of imidazole rings is 1. The van der Waals surface area contributed by atoms with E-state index in [9.17, 15) is 4.39 Å². The van der Waals surface area contributed by atoms with Crippen molar-refractivity contribution in [2.75, 3.05) is 11.4 Å². The molecule has 136 valence electrons. The molecule has 3 aromatic rings. The van der Waals surface area contributed by atoms with Crippen molar-refractivity contribution in [1.82, 2.24) is 19.9 Å². The van der Waals surface area contributed by atoms with Gasteiger partial charge in [0.1, 0.15) is 17.2 Å². The van der Waals surface area contributed by atoms with Crippen LogP contribution in [0.2, 0.25) is 0 Å². The highest BCUT2D eigenvalue weighted by Crippen LogP contribution is 2.37. The number of fused-ring (bicyclic) bond motifs is 1. The first-order valence-corrected chi connectivity index (χ1v) is 9.08. The number of anilines is 1. The third-order valence-electron chi connectivity index (χ3n) is 4.98. The molecular formula is C19H23FN6. The average Bonchev–Trinajstić information content (AvgIpc) is 3.28. The summed E-state index contributed by atoms with van der Waals surface area (Å²) < 4.78 is 14.0. The van der Waals surface area contributed by atoms with Crippen LogP contribution in [-0.4, -0.2) is 32.5 Å². The summed E-state index contributed by atoms with van der Waals surface area (Å²) in [5.41, 5.74) is 9.40. The summed E-state index contributed by atoms with van der Waals surface area (Å²) in [7, 11) is 0. The van der Waals surface area contributed by atoms with Crippen molar-refractivity contribution in [3.8, 4) is 0 Å². The minimum Gasteiger partial charge on any atom is -0.349 e. The number of aromatic nitrogens is 4. The summed E-state index contributed by atoms with van der Waals surface area (Å²) in [5.74, 6) is 0.583. The molecule has 4 heterocycles. The molecule has 3 N–H and O–H groups in total. The summed E-state index contributed by atoms with van der Waals surface area (Å²) in [6, 6.07) is 5.74. The Morgan fingerprint density at radius 1 is 1.38 bits per heavy atom. The smallest absolute Gasteiger partial charge is 0.159 e. The number of nitrogens with two attached hydrogens (primary N) is 1. The van der Waals surface area contributed by atoms with E-state index in [4.69, 9.17) is 10.7 Å². The van der Waals surface area contributed by atoms with Gasteiger partial charge in [0.2, 0.25) is 0 Å². The van der Waals surface area contributed by atoms with Crippen LogP contribution in [0.3, 0.4) is 0 Å². The number of aromatic amines is 1. The van der Waals surface area contributed by atoms with Gasteiger partial charge in [-0.3, -0.25) is 4.98 Å². The van der Waals surface area contributed by atoms with Crippen molar-refractivity contribution in [3.63, 3.8) is 0 Å². The van der Waals surface area contributed by atoms with E-state index in [2.05, 4.69) is 19.9 Å². The minimum absolute atomic E-state index is 0.0779. The lowest BCUT2D eigenvalue weighted by Gasteiger charge is -2.27. The summed E-state index contributed by atoms with van der Waals surface area (Å²) >= 11 is 0. The van der Waals surface area contributed by atoms with Gasteiger partial charge in [-0.15, -0.1) is 0 Å². The number of nitrogens with zero attached hydrogens (tertiary/aromatic N) is 4. The molecule has 0 aliphatic carbocycles. The Hall–Kier alpha value is -2.54. The van der Waals surface area contributed by atoms with Gasteiger partial charge < -0.3 is 15.6 Å². The van der Waals surface area contributed by atoms with Crippen LogP contribution in [0.25, 0.3) is 11.2 Å². The molecule has 3 aromatic heterocycles. The predicted molar refractivity (Wildman–Crippen MR) is 99.4 cm³/mol. The van der Waals surface area contributed by atoms with E-state index < -0.39 is 0 Å². The zero-order valence-electron chi connectivity index (χ0n) is 14.8. The van der Waals surface area contributed by atoms with E-state index in [1.807, 2.05) is 19.1 Å². The van der Waals surface area contributed by atoms with Gasteiger partial charge in [-0.05, 0) is 56.4 Å². The number of halogens is 1. The second kappa shape index (κ2) is 6.99. The van der Waals surface area contributed by atoms with Crippen LogP contribution < -0.4 is 10.6 Å². The maximum Gasteiger partial charge on any atom is 0.159 e. The van der Waals surface area contributed by atoms with Crippen LogP contribution in [0.4, 0.5) is 10.2 Å². The van der Waals surface area contributed by atoms with Gasteiger partial charge in [0.15, 0.2) is 5.65 Å². The molecule has 26 heavy (non-hydrogen) atoms. The molecule has 0 amide bonds. The number of H-pyrrole nitrogens is 1. The largest absolute Gasteiger partial charge is 0.349 e. The van der Waals surface area contributed by atoms with Gasteiger partial charge in [0.25, 0.3) is 0 Å². The van der Waals surface area contributed by atoms with E-state index in [1.165, 1.54) is 6.20 Å². The van der Waals surface area contributed by atoms with E-state index >= 15 is 0 Å². The third-order valence-corrected chi connectivity index (χ3v) is 4.98. The zero-order valence-corrected chi connectivity index (χ0v) is 14.8. The number of pyridine rings is 2. The topological polar surface area (TPSA) is 83.7 Å². The average molecular weight is 354 g/mol. The molecule has 1 aliphatic heterocycles. The number of hydrogen-bond donors (Lipinski definition) is 2. The van der Waals surface area contributed by atoms with Gasteiger partial charge in [0.05, 0.1) is 18.6 Å². The van der Waals surface area contributed by atoms with E-state index in [0.717, 1.165) is 60.5 Å². The highest BCUT2D eigenvalue weighted by molar-refractivity contribution is 5.72. The molecule has 0 saturated carbocycles. The summed E-state index contributed by atoms with van der Waals surface area (Å²) in [6.07, 6.45) is 6.52. The van der Waals surface area contributed by atoms with Crippen molar-refractivity contribution in [2.45, 2.75) is 44.7 Å². The molecule has 7 heteroatoms. The molecule has 2 unspecified atom stereocenters. The maximum atomic E-state index is 14.0. The van der Waals surface area contributed by atoms with Crippen LogP contribution >= 0.6 is 0 Å². The highest BCUT2D eigenvalue weighted by atomic mass is 19.1. The second-order valence-electron chi connectivity index (χ2n) is 7.00. The lowest BCUT2D eigenvalue weighted by atomic mass is 9.98. The fourth-order valence-electron chi connectivity index (χ4n) is 3.68. The molecule has 1 saturated heterocycles. The number of nitrogens with one attached hydrogen (secondary N) is 1. The van der Waals surface area contributed by atoms with E-state index in [0.29, 0.717) is 0 Å². The first-order valence-electron chi connectivity index (χ1n) is 9.08. The Kier molecular flexibility index (Phi) is 4.55. The van der Waals surface area contributed by atoms with Crippen molar-refractivity contribution < 1.29 is 4.39 Å². The maximum absolute atomic E-state index is 14.0. The molecule has 4 rings (SSSR count). The number of hydrogen-bond acceptors (Lipinski definition) is 5. The first kappa shape index (κ1) is 16.9. The normalized spacial score (nSPS) is 18.6. The minimum atomic E-state index is -0.298. The Morgan fingerprint density at radius 2 is 2.27 bits per heavy atom. The predicted octanol–water partition coefficient (Wildman–Crippen LogP) is 3.11. The molecule has 6 nitrogen and oxygen atoms in total. The molecule has 2 atom stereocenters. The Bertz CT molecular complexity index is 906. The van der Waals surface area contributed by atoms with Gasteiger partial charge in [0, 0.05) is 18.3 Å². The van der Waals surface area contributed by atoms with Gasteiger partial charge in [-0.1, -0.05) is 0 Å². The Morgan fingerprint density at radius 3 is 3.12 bits per heavy atom. The molecule has 0 aromatic carbocycles. The van der Waals surface area contributed by atoms with Gasteiger partial charge in [-0.25, -0.2) is 14.4 Å². The molecule has 1 fully saturated rings. The van der Waals surface area contributed by atoms with Crippen molar-refractivity contribution in [3.05, 3.63) is 47.8 Å². The highest BCUT2D eigenvalue weighted by Gasteiger charge is 2.30. The van der Waals surface area contributed by atoms with Crippen molar-refractivity contribution in [2.24, 2.45) is 5.73 Å². The van der Waals surface area contributed by atoms with Crippen LogP contribution in [0, 0.1) is 5.82 Å². The Balaban J connectivity index is 1.68. The lowest BCUT2D eigenvalue weighted by molar-refractivity contribution is 0.595. The van der Waals surface area contributed by atoms with Gasteiger partial charge >= 0.3 is 0 Å². The van der Waals surface area contributed by atoms with Crippen molar-refractivity contribution >= 4 is 17.0 Å². The van der Waals surface area contributed by atoms with Crippen molar-refractivity contribution in [1.29, 1.82) is 0 Å². The fraction of sp³-hybridized carbons (Fsp3) is 0.421. The quantitative estimate of drug-likeness (QED) is 0.735. The second-order valence-corrected chi connectivity index (χ2v) is 7.00. The van der Waals surface area contributed by atoms with Gasteiger partial charge in [-0.2, -0.15) is 0 Å². The summed E-state index contributed by atoms with van der Waals surface area (Å²) in [6.45, 7) is 2.87. The third kappa shape index (κ3) is 3.26. The standard InChI is InChI=1S/C19H23FN6/c1-12(21)4-5-15-14(9-13(20)10-22-15)17-3-2-8-26(17)18-7-6-16-19(25-18)24-11-23-16/h6-7,9-12,17H,2-5,8,21H2,1H3,(H,23,24,25). The molecule has 0 bridgehead atoms. The molecule has 0 radical (unpaired) electrons. The molecule has 1 aliphatic rings. The number of rotatable bonds is 5. The van der Waals surface area contributed by atoms with Crippen LogP contribution in [0.1, 0.15) is 43.5 Å².